The van der Waals surface area contributed by atoms with Crippen LogP contribution in [0, 0.1) is 17.2 Å². The predicted molar refractivity (Wildman–Crippen MR) is 64.7 cm³/mol. The summed E-state index contributed by atoms with van der Waals surface area (Å²) in [4.78, 5) is 2.47. The van der Waals surface area contributed by atoms with Crippen LogP contribution >= 0.6 is 0 Å². The van der Waals surface area contributed by atoms with Gasteiger partial charge in [-0.2, -0.15) is 5.26 Å². The minimum atomic E-state index is 0.312. The molecule has 17 heavy (non-hydrogen) atoms. The quantitative estimate of drug-likeness (QED) is 0.777. The van der Waals surface area contributed by atoms with E-state index in [1.807, 2.05) is 24.3 Å². The van der Waals surface area contributed by atoms with Crippen molar-refractivity contribution in [1.82, 2.24) is 4.90 Å². The Kier molecular flexibility index (Phi) is 2.74. The molecule has 3 saturated heterocycles. The van der Waals surface area contributed by atoms with Crippen molar-refractivity contribution in [2.45, 2.75) is 18.9 Å². The lowest BCUT2D eigenvalue weighted by Gasteiger charge is -2.44. The maximum Gasteiger partial charge on any atom is 0.121 e. The Hall–Kier alpha value is -1.53. The molecule has 0 saturated carbocycles. The molecule has 1 unspecified atom stereocenters. The number of fused-ring (bicyclic) bond motifs is 3. The van der Waals surface area contributed by atoms with Crippen LogP contribution < -0.4 is 4.74 Å². The van der Waals surface area contributed by atoms with Crippen LogP contribution in [0.5, 0.6) is 5.75 Å². The van der Waals surface area contributed by atoms with Crippen molar-refractivity contribution in [3.05, 3.63) is 29.8 Å². The summed E-state index contributed by atoms with van der Waals surface area (Å²) in [6.07, 6.45) is 2.82. The number of benzene rings is 1. The van der Waals surface area contributed by atoms with E-state index in [1.165, 1.54) is 25.9 Å². The second-order valence-electron chi connectivity index (χ2n) is 4.93. The zero-order valence-electron chi connectivity index (χ0n) is 9.80. The number of nitriles is 1. The van der Waals surface area contributed by atoms with Crippen LogP contribution in [0.2, 0.25) is 0 Å². The molecule has 0 spiro atoms. The zero-order valence-corrected chi connectivity index (χ0v) is 9.80. The fraction of sp³-hybridized carbons (Fsp3) is 0.500. The Morgan fingerprint density at radius 1 is 1.29 bits per heavy atom. The summed E-state index contributed by atoms with van der Waals surface area (Å²) in [5.41, 5.74) is 0.670. The molecule has 2 bridgehead atoms. The van der Waals surface area contributed by atoms with Crippen LogP contribution in [0.15, 0.2) is 24.3 Å². The summed E-state index contributed by atoms with van der Waals surface area (Å²) in [7, 11) is 0. The highest BCUT2D eigenvalue weighted by Crippen LogP contribution is 2.30. The lowest BCUT2D eigenvalue weighted by molar-refractivity contribution is -0.00776. The van der Waals surface area contributed by atoms with Crippen LogP contribution in [-0.4, -0.2) is 30.6 Å². The molecule has 0 amide bonds. The number of rotatable bonds is 2. The van der Waals surface area contributed by atoms with Gasteiger partial charge < -0.3 is 4.74 Å². The third kappa shape index (κ3) is 2.13. The van der Waals surface area contributed by atoms with Crippen LogP contribution in [0.4, 0.5) is 0 Å². The van der Waals surface area contributed by atoms with E-state index in [2.05, 4.69) is 11.0 Å². The fourth-order valence-corrected chi connectivity index (χ4v) is 2.86. The van der Waals surface area contributed by atoms with Gasteiger partial charge in [-0.3, -0.25) is 4.90 Å². The van der Waals surface area contributed by atoms with E-state index < -0.39 is 0 Å². The van der Waals surface area contributed by atoms with Gasteiger partial charge in [-0.1, -0.05) is 6.07 Å². The van der Waals surface area contributed by atoms with Gasteiger partial charge in [0.2, 0.25) is 0 Å². The van der Waals surface area contributed by atoms with Gasteiger partial charge in [0.15, 0.2) is 0 Å². The average Bonchev–Trinajstić information content (AvgIpc) is 2.40. The molecule has 1 aromatic carbocycles. The highest BCUT2D eigenvalue weighted by molar-refractivity contribution is 5.36. The lowest BCUT2D eigenvalue weighted by Crippen LogP contribution is -2.52. The molecular weight excluding hydrogens is 212 g/mol. The maximum absolute atomic E-state index is 8.86. The van der Waals surface area contributed by atoms with Crippen molar-refractivity contribution in [3.63, 3.8) is 0 Å². The monoisotopic (exact) mass is 228 g/mol. The maximum atomic E-state index is 8.86. The van der Waals surface area contributed by atoms with Crippen molar-refractivity contribution in [3.8, 4) is 11.8 Å². The van der Waals surface area contributed by atoms with Crippen molar-refractivity contribution < 1.29 is 4.74 Å². The van der Waals surface area contributed by atoms with Crippen LogP contribution in [0.3, 0.4) is 0 Å². The second-order valence-corrected chi connectivity index (χ2v) is 4.93. The van der Waals surface area contributed by atoms with Gasteiger partial charge in [0.25, 0.3) is 0 Å². The Bertz CT molecular complexity index is 444. The molecule has 0 radical (unpaired) electrons. The molecule has 1 aromatic rings. The van der Waals surface area contributed by atoms with Gasteiger partial charge in [0.1, 0.15) is 11.9 Å². The summed E-state index contributed by atoms with van der Waals surface area (Å²) in [5.74, 6) is 1.54. The highest BCUT2D eigenvalue weighted by Gasteiger charge is 2.35. The first-order valence-electron chi connectivity index (χ1n) is 6.24. The Labute approximate surface area is 102 Å². The van der Waals surface area contributed by atoms with Gasteiger partial charge in [0, 0.05) is 6.54 Å². The Morgan fingerprint density at radius 3 is 2.76 bits per heavy atom. The molecule has 3 nitrogen and oxygen atoms in total. The van der Waals surface area contributed by atoms with E-state index in [0.29, 0.717) is 17.6 Å². The van der Waals surface area contributed by atoms with Gasteiger partial charge >= 0.3 is 0 Å². The zero-order chi connectivity index (χ0) is 11.7. The first-order chi connectivity index (χ1) is 8.35. The summed E-state index contributed by atoms with van der Waals surface area (Å²) < 4.78 is 6.04. The van der Waals surface area contributed by atoms with Crippen molar-refractivity contribution in [2.24, 2.45) is 5.92 Å². The van der Waals surface area contributed by atoms with Gasteiger partial charge in [-0.05, 0) is 50.0 Å². The van der Waals surface area contributed by atoms with Gasteiger partial charge in [0.05, 0.1) is 11.6 Å². The second kappa shape index (κ2) is 4.38. The van der Waals surface area contributed by atoms with E-state index in [0.717, 1.165) is 12.3 Å². The summed E-state index contributed by atoms with van der Waals surface area (Å²) in [6, 6.07) is 9.62. The molecule has 3 heterocycles. The molecule has 4 rings (SSSR count). The predicted octanol–water partition coefficient (Wildman–Crippen LogP) is 2.03. The molecule has 3 heteroatoms. The Morgan fingerprint density at radius 2 is 2.12 bits per heavy atom. The highest BCUT2D eigenvalue weighted by atomic mass is 16.5. The molecule has 0 N–H and O–H groups in total. The van der Waals surface area contributed by atoms with Crippen LogP contribution in [0.1, 0.15) is 18.4 Å². The molecule has 3 aliphatic rings. The van der Waals surface area contributed by atoms with Gasteiger partial charge in [-0.15, -0.1) is 0 Å². The number of hydrogen-bond acceptors (Lipinski definition) is 3. The topological polar surface area (TPSA) is 36.3 Å². The number of piperidine rings is 3. The van der Waals surface area contributed by atoms with Crippen molar-refractivity contribution in [1.29, 1.82) is 5.26 Å². The van der Waals surface area contributed by atoms with Crippen LogP contribution in [0.25, 0.3) is 0 Å². The van der Waals surface area contributed by atoms with E-state index in [9.17, 15) is 0 Å². The fourth-order valence-electron chi connectivity index (χ4n) is 2.86. The summed E-state index contributed by atoms with van der Waals surface area (Å²) in [5, 5.41) is 8.86. The molecule has 3 aliphatic heterocycles. The lowest BCUT2D eigenvalue weighted by atomic mass is 9.86. The smallest absolute Gasteiger partial charge is 0.121 e. The van der Waals surface area contributed by atoms with E-state index in [1.54, 1.807) is 0 Å². The number of hydrogen-bond donors (Lipinski definition) is 0. The molecule has 3 fully saturated rings. The van der Waals surface area contributed by atoms with E-state index in [4.69, 9.17) is 10.00 Å². The minimum Gasteiger partial charge on any atom is -0.489 e. The molecule has 0 aromatic heterocycles. The standard InChI is InChI=1S/C14H16N2O/c15-9-11-2-1-3-13(8-11)17-14-10-16-6-4-12(14)5-7-16/h1-3,8,12,14H,4-7,10H2. The Balaban J connectivity index is 1.72. The number of nitrogens with zero attached hydrogens (tertiary/aromatic N) is 2. The average molecular weight is 228 g/mol. The van der Waals surface area contributed by atoms with E-state index >= 15 is 0 Å². The third-order valence-corrected chi connectivity index (χ3v) is 3.85. The molecule has 0 aliphatic carbocycles. The largest absolute Gasteiger partial charge is 0.489 e. The number of ether oxygens (including phenoxy) is 1. The van der Waals surface area contributed by atoms with E-state index in [-0.39, 0.29) is 0 Å². The molecular formula is C14H16N2O. The minimum absolute atomic E-state index is 0.312. The van der Waals surface area contributed by atoms with Crippen LogP contribution in [-0.2, 0) is 0 Å². The SMILES string of the molecule is N#Cc1cccc(OC2CN3CCC2CC3)c1. The first kappa shape index (κ1) is 10.6. The van der Waals surface area contributed by atoms with Gasteiger partial charge in [-0.25, -0.2) is 0 Å². The normalized spacial score (nSPS) is 30.9. The summed E-state index contributed by atoms with van der Waals surface area (Å²) >= 11 is 0. The third-order valence-electron chi connectivity index (χ3n) is 3.85. The van der Waals surface area contributed by atoms with Crippen molar-refractivity contribution in [2.75, 3.05) is 19.6 Å². The molecule has 88 valence electrons. The molecule has 1 atom stereocenters. The van der Waals surface area contributed by atoms with Crippen molar-refractivity contribution >= 4 is 0 Å². The summed E-state index contributed by atoms with van der Waals surface area (Å²) in [6.45, 7) is 3.49. The first-order valence-corrected chi connectivity index (χ1v) is 6.24.